The summed E-state index contributed by atoms with van der Waals surface area (Å²) in [5.41, 5.74) is 1.30. The van der Waals surface area contributed by atoms with E-state index in [-0.39, 0.29) is 24.3 Å². The lowest BCUT2D eigenvalue weighted by Gasteiger charge is -2.43. The molecule has 2 heterocycles. The number of amides is 3. The van der Waals surface area contributed by atoms with E-state index in [1.807, 2.05) is 72.5 Å². The fourth-order valence-electron chi connectivity index (χ4n) is 5.05. The summed E-state index contributed by atoms with van der Waals surface area (Å²) in [5.74, 6) is 0.0573. The SMILES string of the molecule is CCCC(=O)N1CCC2(CC1)C(=O)N(CC(=O)N(C)Cc1ccccc1)CN2c1ccccc1. The van der Waals surface area contributed by atoms with Crippen molar-refractivity contribution in [1.82, 2.24) is 14.7 Å². The Morgan fingerprint density at radius 2 is 1.59 bits per heavy atom. The molecule has 3 amide bonds. The van der Waals surface area contributed by atoms with Crippen molar-refractivity contribution < 1.29 is 14.4 Å². The van der Waals surface area contributed by atoms with Crippen LogP contribution in [0.15, 0.2) is 60.7 Å². The predicted octanol–water partition coefficient (Wildman–Crippen LogP) is 3.11. The number of anilines is 1. The first-order chi connectivity index (χ1) is 16.4. The van der Waals surface area contributed by atoms with Crippen LogP contribution in [0.25, 0.3) is 0 Å². The normalized spacial score (nSPS) is 17.4. The molecule has 0 bridgehead atoms. The smallest absolute Gasteiger partial charge is 0.250 e. The van der Waals surface area contributed by atoms with Crippen LogP contribution in [0, 0.1) is 0 Å². The highest BCUT2D eigenvalue weighted by Crippen LogP contribution is 2.39. The van der Waals surface area contributed by atoms with Crippen molar-refractivity contribution in [1.29, 1.82) is 0 Å². The minimum absolute atomic E-state index is 0.0135. The Kier molecular flexibility index (Phi) is 7.20. The molecule has 0 aliphatic carbocycles. The first-order valence-electron chi connectivity index (χ1n) is 12.1. The van der Waals surface area contributed by atoms with Gasteiger partial charge in [-0.3, -0.25) is 14.4 Å². The van der Waals surface area contributed by atoms with Crippen LogP contribution in [0.5, 0.6) is 0 Å². The van der Waals surface area contributed by atoms with Gasteiger partial charge in [-0.1, -0.05) is 55.5 Å². The highest BCUT2D eigenvalue weighted by molar-refractivity contribution is 5.96. The number of carbonyl (C=O) groups is 3. The molecule has 0 atom stereocenters. The van der Waals surface area contributed by atoms with E-state index < -0.39 is 5.54 Å². The van der Waals surface area contributed by atoms with Crippen LogP contribution >= 0.6 is 0 Å². The zero-order valence-electron chi connectivity index (χ0n) is 20.2. The third-order valence-corrected chi connectivity index (χ3v) is 7.00. The second-order valence-corrected chi connectivity index (χ2v) is 9.31. The van der Waals surface area contributed by atoms with Gasteiger partial charge in [-0.25, -0.2) is 0 Å². The number of hydrogen-bond donors (Lipinski definition) is 0. The largest absolute Gasteiger partial charge is 0.342 e. The number of piperidine rings is 1. The lowest BCUT2D eigenvalue weighted by Crippen LogP contribution is -2.57. The predicted molar refractivity (Wildman–Crippen MR) is 132 cm³/mol. The molecule has 4 rings (SSSR count). The molecule has 7 heteroatoms. The number of hydrogen-bond acceptors (Lipinski definition) is 4. The molecule has 2 saturated heterocycles. The first kappa shape index (κ1) is 23.8. The van der Waals surface area contributed by atoms with Crippen LogP contribution in [-0.2, 0) is 20.9 Å². The Balaban J connectivity index is 1.50. The van der Waals surface area contributed by atoms with Gasteiger partial charge in [-0.15, -0.1) is 0 Å². The Morgan fingerprint density at radius 3 is 2.21 bits per heavy atom. The molecular formula is C27H34N4O3. The molecule has 0 unspecified atom stereocenters. The second kappa shape index (κ2) is 10.3. The average molecular weight is 463 g/mol. The molecule has 0 saturated carbocycles. The van der Waals surface area contributed by atoms with Gasteiger partial charge >= 0.3 is 0 Å². The van der Waals surface area contributed by atoms with Crippen LogP contribution in [0.2, 0.25) is 0 Å². The van der Waals surface area contributed by atoms with Gasteiger partial charge < -0.3 is 19.6 Å². The monoisotopic (exact) mass is 462 g/mol. The molecule has 0 N–H and O–H groups in total. The van der Waals surface area contributed by atoms with Crippen molar-refractivity contribution in [3.05, 3.63) is 66.2 Å². The number of benzene rings is 2. The first-order valence-corrected chi connectivity index (χ1v) is 12.1. The van der Waals surface area contributed by atoms with Gasteiger partial charge in [0, 0.05) is 38.8 Å². The van der Waals surface area contributed by atoms with E-state index in [2.05, 4.69) is 4.90 Å². The Labute approximate surface area is 201 Å². The van der Waals surface area contributed by atoms with Crippen molar-refractivity contribution >= 4 is 23.4 Å². The summed E-state index contributed by atoms with van der Waals surface area (Å²) in [7, 11) is 1.78. The molecule has 2 aromatic rings. The minimum Gasteiger partial charge on any atom is -0.342 e. The van der Waals surface area contributed by atoms with E-state index in [9.17, 15) is 14.4 Å². The summed E-state index contributed by atoms with van der Waals surface area (Å²) in [6.45, 7) is 4.05. The third kappa shape index (κ3) is 4.79. The van der Waals surface area contributed by atoms with Gasteiger partial charge in [0.05, 0.1) is 6.67 Å². The molecule has 2 aliphatic rings. The van der Waals surface area contributed by atoms with Crippen molar-refractivity contribution in [3.63, 3.8) is 0 Å². The summed E-state index contributed by atoms with van der Waals surface area (Å²) in [5, 5.41) is 0. The van der Waals surface area contributed by atoms with Crippen LogP contribution in [0.1, 0.15) is 38.2 Å². The number of carbonyl (C=O) groups excluding carboxylic acids is 3. The molecule has 7 nitrogen and oxygen atoms in total. The highest BCUT2D eigenvalue weighted by Gasteiger charge is 2.54. The van der Waals surface area contributed by atoms with E-state index in [1.54, 1.807) is 16.8 Å². The Hall–Kier alpha value is -3.35. The molecular weight excluding hydrogens is 428 g/mol. The van der Waals surface area contributed by atoms with Crippen LogP contribution < -0.4 is 4.90 Å². The quantitative estimate of drug-likeness (QED) is 0.634. The van der Waals surface area contributed by atoms with Crippen molar-refractivity contribution in [2.45, 2.75) is 44.7 Å². The van der Waals surface area contributed by atoms with Crippen LogP contribution in [-0.4, -0.2) is 71.3 Å². The van der Waals surface area contributed by atoms with Gasteiger partial charge in [0.25, 0.3) is 5.91 Å². The fraction of sp³-hybridized carbons (Fsp3) is 0.444. The summed E-state index contributed by atoms with van der Waals surface area (Å²) < 4.78 is 0. The molecule has 0 aromatic heterocycles. The van der Waals surface area contributed by atoms with Gasteiger partial charge in [-0.05, 0) is 37.0 Å². The molecule has 1 spiro atoms. The number of nitrogens with zero attached hydrogens (tertiary/aromatic N) is 4. The maximum absolute atomic E-state index is 13.8. The zero-order valence-corrected chi connectivity index (χ0v) is 20.2. The maximum atomic E-state index is 13.8. The van der Waals surface area contributed by atoms with E-state index in [4.69, 9.17) is 0 Å². The second-order valence-electron chi connectivity index (χ2n) is 9.31. The highest BCUT2D eigenvalue weighted by atomic mass is 16.2. The number of likely N-dealkylation sites (tertiary alicyclic amines) is 1. The maximum Gasteiger partial charge on any atom is 0.250 e. The molecule has 0 radical (unpaired) electrons. The summed E-state index contributed by atoms with van der Waals surface area (Å²) in [6, 6.07) is 19.8. The van der Waals surface area contributed by atoms with E-state index in [0.29, 0.717) is 45.6 Å². The van der Waals surface area contributed by atoms with Crippen molar-refractivity contribution in [2.75, 3.05) is 38.3 Å². The van der Waals surface area contributed by atoms with Gasteiger partial charge in [-0.2, -0.15) is 0 Å². The van der Waals surface area contributed by atoms with Crippen molar-refractivity contribution in [3.8, 4) is 0 Å². The van der Waals surface area contributed by atoms with Crippen LogP contribution in [0.4, 0.5) is 5.69 Å². The molecule has 2 fully saturated rings. The molecule has 34 heavy (non-hydrogen) atoms. The lowest BCUT2D eigenvalue weighted by atomic mass is 9.85. The molecule has 2 aromatic carbocycles. The Morgan fingerprint density at radius 1 is 0.971 bits per heavy atom. The summed E-state index contributed by atoms with van der Waals surface area (Å²) in [4.78, 5) is 46.6. The minimum atomic E-state index is -0.720. The number of likely N-dealkylation sites (N-methyl/N-ethyl adjacent to an activating group) is 1. The summed E-state index contributed by atoms with van der Waals surface area (Å²) in [6.07, 6.45) is 2.50. The lowest BCUT2D eigenvalue weighted by molar-refractivity contribution is -0.142. The van der Waals surface area contributed by atoms with E-state index in [0.717, 1.165) is 17.7 Å². The Bertz CT molecular complexity index is 1000. The van der Waals surface area contributed by atoms with Crippen molar-refractivity contribution in [2.24, 2.45) is 0 Å². The topological polar surface area (TPSA) is 64.2 Å². The average Bonchev–Trinajstić information content (AvgIpc) is 3.12. The zero-order chi connectivity index (χ0) is 24.1. The molecule has 2 aliphatic heterocycles. The number of rotatable bonds is 7. The summed E-state index contributed by atoms with van der Waals surface area (Å²) >= 11 is 0. The number of para-hydroxylation sites is 1. The van der Waals surface area contributed by atoms with Gasteiger partial charge in [0.1, 0.15) is 12.1 Å². The molecule has 180 valence electrons. The van der Waals surface area contributed by atoms with Crippen LogP contribution in [0.3, 0.4) is 0 Å². The van der Waals surface area contributed by atoms with Gasteiger partial charge in [0.2, 0.25) is 11.8 Å². The van der Waals surface area contributed by atoms with Gasteiger partial charge in [0.15, 0.2) is 0 Å². The fourth-order valence-corrected chi connectivity index (χ4v) is 5.05. The van der Waals surface area contributed by atoms with E-state index >= 15 is 0 Å². The van der Waals surface area contributed by atoms with E-state index in [1.165, 1.54) is 0 Å². The third-order valence-electron chi connectivity index (χ3n) is 7.00. The standard InChI is InChI=1S/C27H34N4O3/c1-3-10-24(32)29-17-15-27(16-18-29)26(34)30(21-31(27)23-13-8-5-9-14-23)20-25(33)28(2)19-22-11-6-4-7-12-22/h4-9,11-14H,3,10,15-21H2,1-2H3.